The quantitative estimate of drug-likeness (QED) is 0.758. The van der Waals surface area contributed by atoms with Gasteiger partial charge in [0.1, 0.15) is 5.66 Å². The minimum Gasteiger partial charge on any atom is -0.342 e. The van der Waals surface area contributed by atoms with Gasteiger partial charge in [-0.3, -0.25) is 5.01 Å². The first-order chi connectivity index (χ1) is 8.01. The molecule has 98 valence electrons. The van der Waals surface area contributed by atoms with Crippen molar-refractivity contribution in [1.29, 1.82) is 0 Å². The molecule has 1 aliphatic carbocycles. The van der Waals surface area contributed by atoms with Crippen molar-refractivity contribution < 1.29 is 0 Å². The Hall–Kier alpha value is -0.350. The van der Waals surface area contributed by atoms with Crippen LogP contribution in [0.3, 0.4) is 0 Å². The van der Waals surface area contributed by atoms with E-state index in [1.54, 1.807) is 0 Å². The van der Waals surface area contributed by atoms with Crippen LogP contribution in [-0.4, -0.2) is 22.3 Å². The molecule has 2 atom stereocenters. The molecule has 0 amide bonds. The van der Waals surface area contributed by atoms with Crippen LogP contribution in [0.15, 0.2) is 0 Å². The smallest absolute Gasteiger partial charge is 0.185 e. The highest BCUT2D eigenvalue weighted by molar-refractivity contribution is 7.80. The van der Waals surface area contributed by atoms with Crippen LogP contribution < -0.4 is 10.7 Å². The van der Waals surface area contributed by atoms with Gasteiger partial charge in [0.05, 0.1) is 0 Å². The molecule has 1 saturated carbocycles. The largest absolute Gasteiger partial charge is 0.342 e. The fraction of sp³-hybridized carbons (Fsp3) is 0.923. The van der Waals surface area contributed by atoms with Gasteiger partial charge >= 0.3 is 0 Å². The number of nitrogens with one attached hydrogen (secondary N) is 2. The van der Waals surface area contributed by atoms with Crippen molar-refractivity contribution in [1.82, 2.24) is 15.8 Å². The molecule has 2 fully saturated rings. The third-order valence-electron chi connectivity index (χ3n) is 3.87. The second kappa shape index (κ2) is 5.11. The van der Waals surface area contributed by atoms with Crippen LogP contribution in [0.4, 0.5) is 0 Å². The minimum absolute atomic E-state index is 0.0612. The maximum absolute atomic E-state index is 5.44. The Morgan fingerprint density at radius 2 is 2.29 bits per heavy atom. The molecule has 3 nitrogen and oxygen atoms in total. The Morgan fingerprint density at radius 3 is 2.94 bits per heavy atom. The highest BCUT2D eigenvalue weighted by atomic mass is 32.1. The van der Waals surface area contributed by atoms with E-state index < -0.39 is 0 Å². The normalized spacial score (nSPS) is 33.5. The fourth-order valence-electron chi connectivity index (χ4n) is 2.92. The van der Waals surface area contributed by atoms with E-state index >= 15 is 0 Å². The van der Waals surface area contributed by atoms with Crippen molar-refractivity contribution in [2.45, 2.75) is 58.5 Å². The molecule has 2 aliphatic rings. The number of thiocarbonyl (C=S) groups is 1. The third-order valence-corrected chi connectivity index (χ3v) is 4.19. The summed E-state index contributed by atoms with van der Waals surface area (Å²) in [6, 6.07) is 0. The maximum Gasteiger partial charge on any atom is 0.185 e. The third kappa shape index (κ3) is 3.10. The van der Waals surface area contributed by atoms with Gasteiger partial charge in [-0.25, -0.2) is 5.43 Å². The first-order valence-electron chi connectivity index (χ1n) is 6.88. The van der Waals surface area contributed by atoms with Gasteiger partial charge in [-0.1, -0.05) is 27.2 Å². The molecule has 1 saturated heterocycles. The van der Waals surface area contributed by atoms with E-state index in [2.05, 4.69) is 36.5 Å². The predicted octanol–water partition coefficient (Wildman–Crippen LogP) is 2.63. The molecule has 2 rings (SSSR count). The van der Waals surface area contributed by atoms with Gasteiger partial charge in [0.15, 0.2) is 5.11 Å². The van der Waals surface area contributed by atoms with E-state index in [-0.39, 0.29) is 5.66 Å². The zero-order chi connectivity index (χ0) is 12.5. The number of nitrogens with zero attached hydrogens (tertiary/aromatic N) is 1. The Morgan fingerprint density at radius 1 is 1.53 bits per heavy atom. The monoisotopic (exact) mass is 255 g/mol. The Bertz CT molecular complexity index is 292. The van der Waals surface area contributed by atoms with Gasteiger partial charge in [-0.05, 0) is 49.7 Å². The zero-order valence-corrected chi connectivity index (χ0v) is 12.1. The predicted molar refractivity (Wildman–Crippen MR) is 75.4 cm³/mol. The first-order valence-corrected chi connectivity index (χ1v) is 7.29. The molecular weight excluding hydrogens is 230 g/mol. The second-order valence-corrected chi connectivity index (χ2v) is 6.55. The zero-order valence-electron chi connectivity index (χ0n) is 11.3. The summed E-state index contributed by atoms with van der Waals surface area (Å²) >= 11 is 5.44. The summed E-state index contributed by atoms with van der Waals surface area (Å²) in [5.74, 6) is 1.51. The maximum atomic E-state index is 5.44. The molecule has 0 aromatic rings. The lowest BCUT2D eigenvalue weighted by Crippen LogP contribution is -2.53. The molecule has 0 aromatic heterocycles. The summed E-state index contributed by atoms with van der Waals surface area (Å²) in [5, 5.41) is 6.55. The van der Waals surface area contributed by atoms with Crippen LogP contribution in [0, 0.1) is 11.8 Å². The average Bonchev–Trinajstić information content (AvgIpc) is 2.51. The summed E-state index contributed by atoms with van der Waals surface area (Å²) < 4.78 is 0. The van der Waals surface area contributed by atoms with Gasteiger partial charge in [0.25, 0.3) is 0 Å². The summed E-state index contributed by atoms with van der Waals surface area (Å²) in [6.07, 6.45) is 6.20. The number of rotatable bonds is 3. The molecule has 1 aliphatic heterocycles. The molecule has 2 N–H and O–H groups in total. The molecule has 0 unspecified atom stereocenters. The lowest BCUT2D eigenvalue weighted by atomic mass is 9.83. The van der Waals surface area contributed by atoms with Gasteiger partial charge in [-0.15, -0.1) is 0 Å². The van der Waals surface area contributed by atoms with Crippen molar-refractivity contribution in [2.75, 3.05) is 6.54 Å². The molecule has 1 spiro atoms. The van der Waals surface area contributed by atoms with Crippen LogP contribution in [-0.2, 0) is 0 Å². The Labute approximate surface area is 110 Å². The summed E-state index contributed by atoms with van der Waals surface area (Å²) in [4.78, 5) is 0. The van der Waals surface area contributed by atoms with E-state index in [0.717, 1.165) is 23.5 Å². The van der Waals surface area contributed by atoms with Crippen LogP contribution in [0.1, 0.15) is 52.9 Å². The molecule has 4 heteroatoms. The van der Waals surface area contributed by atoms with E-state index in [4.69, 9.17) is 12.2 Å². The highest BCUT2D eigenvalue weighted by Gasteiger charge is 2.42. The number of hydrogen-bond acceptors (Lipinski definition) is 2. The van der Waals surface area contributed by atoms with Crippen molar-refractivity contribution >= 4 is 17.3 Å². The van der Waals surface area contributed by atoms with Gasteiger partial charge in [-0.2, -0.15) is 0 Å². The molecule has 0 bridgehead atoms. The van der Waals surface area contributed by atoms with E-state index in [1.807, 2.05) is 0 Å². The highest BCUT2D eigenvalue weighted by Crippen LogP contribution is 2.33. The van der Waals surface area contributed by atoms with Gasteiger partial charge in [0, 0.05) is 6.54 Å². The van der Waals surface area contributed by atoms with Crippen molar-refractivity contribution in [3.8, 4) is 0 Å². The van der Waals surface area contributed by atoms with E-state index in [1.165, 1.54) is 32.1 Å². The van der Waals surface area contributed by atoms with Crippen LogP contribution in [0.5, 0.6) is 0 Å². The fourth-order valence-corrected chi connectivity index (χ4v) is 3.25. The summed E-state index contributed by atoms with van der Waals surface area (Å²) in [7, 11) is 0. The van der Waals surface area contributed by atoms with E-state index in [0.29, 0.717) is 0 Å². The topological polar surface area (TPSA) is 27.3 Å². The number of hydrogen-bond donors (Lipinski definition) is 2. The van der Waals surface area contributed by atoms with E-state index in [9.17, 15) is 0 Å². The molecule has 17 heavy (non-hydrogen) atoms. The summed E-state index contributed by atoms with van der Waals surface area (Å²) in [5.41, 5.74) is 3.68. The Balaban J connectivity index is 1.93. The standard InChI is InChI=1S/C13H25N3S/c1-10(2)6-8-16-12(17)14-13(15-16)7-4-5-11(3)9-13/h10-11,15H,4-9H2,1-3H3,(H,14,17)/t11-,13+/m0/s1. The molecule has 1 heterocycles. The SMILES string of the molecule is CC(C)CCN1N[C@@]2(CCC[C@H](C)C2)NC1=S. The molecular formula is C13H25N3S. The van der Waals surface area contributed by atoms with Crippen LogP contribution in [0.2, 0.25) is 0 Å². The van der Waals surface area contributed by atoms with Crippen molar-refractivity contribution in [3.05, 3.63) is 0 Å². The van der Waals surface area contributed by atoms with Crippen LogP contribution in [0.25, 0.3) is 0 Å². The molecule has 0 aromatic carbocycles. The van der Waals surface area contributed by atoms with Crippen molar-refractivity contribution in [2.24, 2.45) is 11.8 Å². The second-order valence-electron chi connectivity index (χ2n) is 6.16. The molecule has 0 radical (unpaired) electrons. The lowest BCUT2D eigenvalue weighted by molar-refractivity contribution is 0.133. The van der Waals surface area contributed by atoms with Gasteiger partial charge in [0.2, 0.25) is 0 Å². The Kier molecular flexibility index (Phi) is 3.93. The lowest BCUT2D eigenvalue weighted by Gasteiger charge is -2.36. The van der Waals surface area contributed by atoms with Crippen LogP contribution >= 0.6 is 12.2 Å². The summed E-state index contributed by atoms with van der Waals surface area (Å²) in [6.45, 7) is 7.86. The van der Waals surface area contributed by atoms with Crippen molar-refractivity contribution in [3.63, 3.8) is 0 Å². The average molecular weight is 255 g/mol. The van der Waals surface area contributed by atoms with Gasteiger partial charge < -0.3 is 5.32 Å². The minimum atomic E-state index is 0.0612. The number of hydrazine groups is 1. The first kappa shape index (κ1) is 13.1.